The summed E-state index contributed by atoms with van der Waals surface area (Å²) in [6, 6.07) is 12.1. The van der Waals surface area contributed by atoms with E-state index in [-0.39, 0.29) is 6.61 Å². The molecule has 0 fully saturated rings. The lowest BCUT2D eigenvalue weighted by atomic mass is 10.1. The molecule has 1 aromatic heterocycles. The highest BCUT2D eigenvalue weighted by Crippen LogP contribution is 2.26. The summed E-state index contributed by atoms with van der Waals surface area (Å²) in [7, 11) is 0. The molecule has 0 aliphatic rings. The molecule has 4 heteroatoms. The highest BCUT2D eigenvalue weighted by Gasteiger charge is 2.14. The van der Waals surface area contributed by atoms with Crippen molar-refractivity contribution < 1.29 is 9.84 Å². The van der Waals surface area contributed by atoms with Crippen molar-refractivity contribution in [2.45, 2.75) is 40.3 Å². The first kappa shape index (κ1) is 16.5. The number of hydrogen-bond acceptors (Lipinski definition) is 3. The molecule has 3 aromatic rings. The van der Waals surface area contributed by atoms with E-state index in [1.807, 2.05) is 42.7 Å². The lowest BCUT2D eigenvalue weighted by Gasteiger charge is -2.18. The van der Waals surface area contributed by atoms with E-state index >= 15 is 0 Å². The van der Waals surface area contributed by atoms with Crippen molar-refractivity contribution in [2.24, 2.45) is 0 Å². The van der Waals surface area contributed by atoms with Gasteiger partial charge in [0.2, 0.25) is 0 Å². The van der Waals surface area contributed by atoms with Crippen molar-refractivity contribution in [3.05, 3.63) is 58.9 Å². The molecule has 0 aliphatic carbocycles. The maximum atomic E-state index is 10.4. The molecule has 0 radical (unpaired) electrons. The number of aliphatic hydroxyl groups is 1. The predicted octanol–water partition coefficient (Wildman–Crippen LogP) is 3.71. The molecule has 0 saturated heterocycles. The summed E-state index contributed by atoms with van der Waals surface area (Å²) in [5, 5.41) is 10.4. The second kappa shape index (κ2) is 6.65. The van der Waals surface area contributed by atoms with Gasteiger partial charge >= 0.3 is 0 Å². The second-order valence-corrected chi connectivity index (χ2v) is 6.38. The highest BCUT2D eigenvalue weighted by atomic mass is 16.5. The van der Waals surface area contributed by atoms with Crippen molar-refractivity contribution in [3.63, 3.8) is 0 Å². The molecular weight excluding hydrogens is 300 g/mol. The number of nitrogens with zero attached hydrogens (tertiary/aromatic N) is 2. The number of rotatable bonds is 5. The number of aromatic nitrogens is 2. The fourth-order valence-corrected chi connectivity index (χ4v) is 3.02. The topological polar surface area (TPSA) is 47.3 Å². The third-order valence-corrected chi connectivity index (χ3v) is 4.53. The maximum Gasteiger partial charge on any atom is 0.125 e. The van der Waals surface area contributed by atoms with Crippen LogP contribution in [0.5, 0.6) is 5.75 Å². The molecule has 1 heterocycles. The van der Waals surface area contributed by atoms with Crippen LogP contribution in [0.25, 0.3) is 11.0 Å². The molecule has 0 spiro atoms. The van der Waals surface area contributed by atoms with Crippen molar-refractivity contribution in [1.29, 1.82) is 0 Å². The molecule has 0 amide bonds. The Labute approximate surface area is 142 Å². The highest BCUT2D eigenvalue weighted by molar-refractivity contribution is 5.75. The van der Waals surface area contributed by atoms with Gasteiger partial charge in [0.15, 0.2) is 0 Å². The zero-order valence-electron chi connectivity index (χ0n) is 14.7. The number of aliphatic hydroxyl groups excluding tert-OH is 1. The first-order valence-corrected chi connectivity index (χ1v) is 8.27. The first-order valence-electron chi connectivity index (χ1n) is 8.27. The molecule has 0 bridgehead atoms. The Bertz CT molecular complexity index is 867. The fourth-order valence-electron chi connectivity index (χ4n) is 3.02. The van der Waals surface area contributed by atoms with Gasteiger partial charge in [0, 0.05) is 0 Å². The Morgan fingerprint density at radius 2 is 1.75 bits per heavy atom. The van der Waals surface area contributed by atoms with Crippen molar-refractivity contribution in [3.8, 4) is 5.75 Å². The summed E-state index contributed by atoms with van der Waals surface area (Å²) in [6.07, 6.45) is -0.597. The summed E-state index contributed by atoms with van der Waals surface area (Å²) in [5.41, 5.74) is 5.41. The normalized spacial score (nSPS) is 12.5. The molecule has 1 N–H and O–H groups in total. The van der Waals surface area contributed by atoms with E-state index in [2.05, 4.69) is 31.0 Å². The van der Waals surface area contributed by atoms with Gasteiger partial charge in [-0.15, -0.1) is 0 Å². The van der Waals surface area contributed by atoms with Gasteiger partial charge in [-0.2, -0.15) is 0 Å². The number of hydrogen-bond donors (Lipinski definition) is 1. The van der Waals surface area contributed by atoms with Gasteiger partial charge in [0.1, 0.15) is 24.3 Å². The number of benzene rings is 2. The molecule has 2 aromatic carbocycles. The van der Waals surface area contributed by atoms with Crippen LogP contribution >= 0.6 is 0 Å². The minimum Gasteiger partial charge on any atom is -0.490 e. The Morgan fingerprint density at radius 1 is 1.04 bits per heavy atom. The third-order valence-electron chi connectivity index (χ3n) is 4.53. The van der Waals surface area contributed by atoms with Crippen LogP contribution in [-0.4, -0.2) is 27.4 Å². The van der Waals surface area contributed by atoms with Gasteiger partial charge in [-0.1, -0.05) is 24.3 Å². The summed E-state index contributed by atoms with van der Waals surface area (Å²) in [4.78, 5) is 4.54. The Kier molecular flexibility index (Phi) is 4.58. The Balaban J connectivity index is 1.73. The number of imidazole rings is 1. The summed E-state index contributed by atoms with van der Waals surface area (Å²) >= 11 is 0. The van der Waals surface area contributed by atoms with Gasteiger partial charge in [0.05, 0.1) is 17.6 Å². The van der Waals surface area contributed by atoms with Crippen molar-refractivity contribution in [1.82, 2.24) is 9.55 Å². The molecular formula is C20H24N2O2. The van der Waals surface area contributed by atoms with Crippen molar-refractivity contribution >= 4 is 11.0 Å². The molecule has 126 valence electrons. The number of aryl methyl sites for hydroxylation is 3. The van der Waals surface area contributed by atoms with Crippen LogP contribution in [0.3, 0.4) is 0 Å². The number of para-hydroxylation sites is 2. The Hall–Kier alpha value is -2.33. The predicted molar refractivity (Wildman–Crippen MR) is 96.6 cm³/mol. The first-order chi connectivity index (χ1) is 11.5. The minimum atomic E-state index is -0.597. The monoisotopic (exact) mass is 324 g/mol. The summed E-state index contributed by atoms with van der Waals surface area (Å²) in [6.45, 7) is 8.84. The van der Waals surface area contributed by atoms with E-state index in [4.69, 9.17) is 4.74 Å². The van der Waals surface area contributed by atoms with E-state index in [9.17, 15) is 5.11 Å². The number of ether oxygens (including phenoxy) is 1. The zero-order valence-corrected chi connectivity index (χ0v) is 14.7. The molecule has 4 nitrogen and oxygen atoms in total. The van der Waals surface area contributed by atoms with Crippen LogP contribution in [0.4, 0.5) is 0 Å². The van der Waals surface area contributed by atoms with E-state index in [1.54, 1.807) is 0 Å². The lowest BCUT2D eigenvalue weighted by Crippen LogP contribution is -2.24. The molecule has 3 rings (SSSR count). The smallest absolute Gasteiger partial charge is 0.125 e. The second-order valence-electron chi connectivity index (χ2n) is 6.38. The van der Waals surface area contributed by atoms with E-state index in [0.717, 1.165) is 33.7 Å². The molecule has 1 atom stereocenters. The van der Waals surface area contributed by atoms with E-state index in [0.29, 0.717) is 6.54 Å². The average molecular weight is 324 g/mol. The Morgan fingerprint density at radius 3 is 2.54 bits per heavy atom. The molecule has 0 saturated carbocycles. The number of fused-ring (bicyclic) bond motifs is 1. The standard InChI is InChI=1S/C20H24N2O2/c1-13-9-10-14(2)20(15(13)3)24-12-17(23)11-22-16(4)21-18-7-5-6-8-19(18)22/h5-10,17,23H,11-12H2,1-4H3. The minimum absolute atomic E-state index is 0.261. The van der Waals surface area contributed by atoms with Crippen LogP contribution in [0.1, 0.15) is 22.5 Å². The van der Waals surface area contributed by atoms with Gasteiger partial charge in [-0.3, -0.25) is 0 Å². The van der Waals surface area contributed by atoms with Crippen LogP contribution in [-0.2, 0) is 6.54 Å². The van der Waals surface area contributed by atoms with Gasteiger partial charge < -0.3 is 14.4 Å². The molecule has 0 aliphatic heterocycles. The van der Waals surface area contributed by atoms with Crippen molar-refractivity contribution in [2.75, 3.05) is 6.61 Å². The quantitative estimate of drug-likeness (QED) is 0.778. The summed E-state index contributed by atoms with van der Waals surface area (Å²) in [5.74, 6) is 1.78. The zero-order chi connectivity index (χ0) is 17.3. The maximum absolute atomic E-state index is 10.4. The van der Waals surface area contributed by atoms with Crippen LogP contribution in [0.15, 0.2) is 36.4 Å². The van der Waals surface area contributed by atoms with E-state index < -0.39 is 6.10 Å². The lowest BCUT2D eigenvalue weighted by molar-refractivity contribution is 0.0922. The van der Waals surface area contributed by atoms with Gasteiger partial charge in [0.25, 0.3) is 0 Å². The largest absolute Gasteiger partial charge is 0.490 e. The molecule has 24 heavy (non-hydrogen) atoms. The fraction of sp³-hybridized carbons (Fsp3) is 0.350. The van der Waals surface area contributed by atoms with E-state index in [1.165, 1.54) is 5.56 Å². The summed E-state index contributed by atoms with van der Waals surface area (Å²) < 4.78 is 7.97. The average Bonchev–Trinajstić information content (AvgIpc) is 2.87. The third kappa shape index (κ3) is 3.15. The van der Waals surface area contributed by atoms with Crippen LogP contribution < -0.4 is 4.74 Å². The van der Waals surface area contributed by atoms with Gasteiger partial charge in [-0.05, 0) is 56.5 Å². The van der Waals surface area contributed by atoms with Gasteiger partial charge in [-0.25, -0.2) is 4.98 Å². The van der Waals surface area contributed by atoms with Crippen LogP contribution in [0, 0.1) is 27.7 Å². The SMILES string of the molecule is Cc1ccc(C)c(OCC(O)Cn2c(C)nc3ccccc32)c1C. The molecule has 1 unspecified atom stereocenters. The van der Waals surface area contributed by atoms with Crippen LogP contribution in [0.2, 0.25) is 0 Å².